The summed E-state index contributed by atoms with van der Waals surface area (Å²) < 4.78 is 0. The number of nitrogens with zero attached hydrogens (tertiary/aromatic N) is 1. The first-order valence-corrected chi connectivity index (χ1v) is 6.49. The smallest absolute Gasteiger partial charge is 0.267 e. The summed E-state index contributed by atoms with van der Waals surface area (Å²) in [6, 6.07) is 13.6. The second-order valence-electron chi connectivity index (χ2n) is 4.70. The predicted molar refractivity (Wildman–Crippen MR) is 76.9 cm³/mol. The molecule has 1 amide bonds. The Balaban J connectivity index is 2.32. The van der Waals surface area contributed by atoms with Gasteiger partial charge in [-0.25, -0.2) is 4.98 Å². The van der Waals surface area contributed by atoms with Crippen molar-refractivity contribution < 1.29 is 4.79 Å². The van der Waals surface area contributed by atoms with Crippen molar-refractivity contribution in [1.29, 1.82) is 0 Å². The number of benzene rings is 1. The van der Waals surface area contributed by atoms with Crippen LogP contribution in [0.15, 0.2) is 42.5 Å². The fraction of sp³-hybridized carbons (Fsp3) is 0.250. The van der Waals surface area contributed by atoms with E-state index in [-0.39, 0.29) is 0 Å². The zero-order valence-corrected chi connectivity index (χ0v) is 11.3. The van der Waals surface area contributed by atoms with Crippen molar-refractivity contribution in [3.63, 3.8) is 0 Å². The van der Waals surface area contributed by atoms with Crippen molar-refractivity contribution in [1.82, 2.24) is 4.98 Å². The Morgan fingerprint density at radius 1 is 1.21 bits per heavy atom. The molecule has 1 atom stereocenters. The molecule has 0 aliphatic rings. The maximum atomic E-state index is 11.1. The molecule has 1 heterocycles. The van der Waals surface area contributed by atoms with Crippen molar-refractivity contribution in [3.8, 4) is 11.3 Å². The highest BCUT2D eigenvalue weighted by atomic mass is 16.1. The van der Waals surface area contributed by atoms with Gasteiger partial charge in [-0.2, -0.15) is 0 Å². The van der Waals surface area contributed by atoms with Gasteiger partial charge in [0.05, 0.1) is 5.69 Å². The SMILES string of the molecule is CCC(C)c1ccc(-c2cccc(C(N)=O)n2)cc1. The number of hydrogen-bond acceptors (Lipinski definition) is 2. The lowest BCUT2D eigenvalue weighted by Crippen LogP contribution is -2.12. The fourth-order valence-corrected chi connectivity index (χ4v) is 1.95. The number of carbonyl (C=O) groups excluding carboxylic acids is 1. The standard InChI is InChI=1S/C16H18N2O/c1-3-11(2)12-7-9-13(10-8-12)14-5-4-6-15(18-14)16(17)19/h4-11H,3H2,1-2H3,(H2,17,19). The van der Waals surface area contributed by atoms with E-state index in [4.69, 9.17) is 5.73 Å². The lowest BCUT2D eigenvalue weighted by atomic mass is 9.97. The second-order valence-corrected chi connectivity index (χ2v) is 4.70. The largest absolute Gasteiger partial charge is 0.364 e. The van der Waals surface area contributed by atoms with Crippen molar-refractivity contribution in [2.45, 2.75) is 26.2 Å². The van der Waals surface area contributed by atoms with Crippen LogP contribution in [0.5, 0.6) is 0 Å². The first-order chi connectivity index (χ1) is 9.11. The summed E-state index contributed by atoms with van der Waals surface area (Å²) in [5.74, 6) is 0.0528. The highest BCUT2D eigenvalue weighted by molar-refractivity contribution is 5.91. The fourth-order valence-electron chi connectivity index (χ4n) is 1.95. The molecule has 98 valence electrons. The van der Waals surface area contributed by atoms with Gasteiger partial charge in [-0.15, -0.1) is 0 Å². The number of amides is 1. The highest BCUT2D eigenvalue weighted by Crippen LogP contribution is 2.23. The lowest BCUT2D eigenvalue weighted by molar-refractivity contribution is 0.0995. The molecule has 0 aliphatic heterocycles. The van der Waals surface area contributed by atoms with E-state index in [1.54, 1.807) is 12.1 Å². The van der Waals surface area contributed by atoms with Crippen LogP contribution in [0.1, 0.15) is 42.2 Å². The van der Waals surface area contributed by atoms with Crippen LogP contribution in [-0.4, -0.2) is 10.9 Å². The van der Waals surface area contributed by atoms with Crippen molar-refractivity contribution >= 4 is 5.91 Å². The number of nitrogens with two attached hydrogens (primary N) is 1. The monoisotopic (exact) mass is 254 g/mol. The van der Waals surface area contributed by atoms with Gasteiger partial charge < -0.3 is 5.73 Å². The number of aromatic nitrogens is 1. The van der Waals surface area contributed by atoms with Crippen molar-refractivity contribution in [3.05, 3.63) is 53.7 Å². The molecule has 0 saturated carbocycles. The lowest BCUT2D eigenvalue weighted by Gasteiger charge is -2.09. The van der Waals surface area contributed by atoms with Crippen LogP contribution < -0.4 is 5.73 Å². The number of primary amides is 1. The van der Waals surface area contributed by atoms with Crippen LogP contribution in [0.25, 0.3) is 11.3 Å². The first-order valence-electron chi connectivity index (χ1n) is 6.49. The van der Waals surface area contributed by atoms with Gasteiger partial charge in [0.2, 0.25) is 0 Å². The summed E-state index contributed by atoms with van der Waals surface area (Å²) in [5.41, 5.74) is 8.62. The van der Waals surface area contributed by atoms with Gasteiger partial charge in [0.1, 0.15) is 5.69 Å². The van der Waals surface area contributed by atoms with Gasteiger partial charge in [-0.3, -0.25) is 4.79 Å². The topological polar surface area (TPSA) is 56.0 Å². The molecule has 0 saturated heterocycles. The van der Waals surface area contributed by atoms with Gasteiger partial charge in [-0.05, 0) is 30.0 Å². The minimum absolute atomic E-state index is 0.295. The van der Waals surface area contributed by atoms with E-state index in [0.717, 1.165) is 17.7 Å². The van der Waals surface area contributed by atoms with Gasteiger partial charge >= 0.3 is 0 Å². The number of rotatable bonds is 4. The Morgan fingerprint density at radius 2 is 1.89 bits per heavy atom. The maximum absolute atomic E-state index is 11.1. The van der Waals surface area contributed by atoms with Crippen LogP contribution in [0, 0.1) is 0 Å². The van der Waals surface area contributed by atoms with Crippen LogP contribution >= 0.6 is 0 Å². The van der Waals surface area contributed by atoms with Crippen LogP contribution in [0.4, 0.5) is 0 Å². The average Bonchev–Trinajstić information content (AvgIpc) is 2.46. The molecule has 0 aliphatic carbocycles. The Hall–Kier alpha value is -2.16. The van der Waals surface area contributed by atoms with Crippen molar-refractivity contribution in [2.75, 3.05) is 0 Å². The molecule has 0 radical (unpaired) electrons. The maximum Gasteiger partial charge on any atom is 0.267 e. The zero-order chi connectivity index (χ0) is 13.8. The zero-order valence-electron chi connectivity index (χ0n) is 11.3. The van der Waals surface area contributed by atoms with Gasteiger partial charge in [0.15, 0.2) is 0 Å². The van der Waals surface area contributed by atoms with E-state index in [9.17, 15) is 4.79 Å². The molecule has 2 rings (SSSR count). The summed E-state index contributed by atoms with van der Waals surface area (Å²) in [6.07, 6.45) is 1.12. The Labute approximate surface area is 113 Å². The molecule has 1 unspecified atom stereocenters. The summed E-state index contributed by atoms with van der Waals surface area (Å²) in [4.78, 5) is 15.4. The Bertz CT molecular complexity index is 576. The molecule has 0 spiro atoms. The van der Waals surface area contributed by atoms with Gasteiger partial charge in [0, 0.05) is 5.56 Å². The minimum Gasteiger partial charge on any atom is -0.364 e. The summed E-state index contributed by atoms with van der Waals surface area (Å²) >= 11 is 0. The molecule has 1 aromatic carbocycles. The molecule has 3 heteroatoms. The van der Waals surface area contributed by atoms with Crippen molar-refractivity contribution in [2.24, 2.45) is 5.73 Å². The summed E-state index contributed by atoms with van der Waals surface area (Å²) in [5, 5.41) is 0. The first kappa shape index (κ1) is 13.3. The van der Waals surface area contributed by atoms with E-state index < -0.39 is 5.91 Å². The third-order valence-electron chi connectivity index (χ3n) is 3.39. The molecule has 3 nitrogen and oxygen atoms in total. The van der Waals surface area contributed by atoms with Crippen LogP contribution in [0.3, 0.4) is 0 Å². The Kier molecular flexibility index (Phi) is 3.95. The molecule has 19 heavy (non-hydrogen) atoms. The normalized spacial score (nSPS) is 12.1. The van der Waals surface area contributed by atoms with Gasteiger partial charge in [-0.1, -0.05) is 44.2 Å². The van der Waals surface area contributed by atoms with E-state index in [2.05, 4.69) is 31.0 Å². The Morgan fingerprint density at radius 3 is 2.47 bits per heavy atom. The van der Waals surface area contributed by atoms with E-state index in [0.29, 0.717) is 11.6 Å². The van der Waals surface area contributed by atoms with Crippen LogP contribution in [-0.2, 0) is 0 Å². The predicted octanol–water partition coefficient (Wildman–Crippen LogP) is 3.36. The number of hydrogen-bond donors (Lipinski definition) is 1. The molecular weight excluding hydrogens is 236 g/mol. The van der Waals surface area contributed by atoms with E-state index >= 15 is 0 Å². The van der Waals surface area contributed by atoms with Crippen LogP contribution in [0.2, 0.25) is 0 Å². The number of pyridine rings is 1. The summed E-state index contributed by atoms with van der Waals surface area (Å²) in [6.45, 7) is 4.39. The molecule has 1 aromatic heterocycles. The molecular formula is C16H18N2O. The molecule has 2 aromatic rings. The second kappa shape index (κ2) is 5.65. The molecule has 0 fully saturated rings. The third kappa shape index (κ3) is 2.99. The molecule has 0 bridgehead atoms. The third-order valence-corrected chi connectivity index (χ3v) is 3.39. The number of carbonyl (C=O) groups is 1. The molecule has 2 N–H and O–H groups in total. The van der Waals surface area contributed by atoms with E-state index in [1.165, 1.54) is 5.56 Å². The quantitative estimate of drug-likeness (QED) is 0.909. The summed E-state index contributed by atoms with van der Waals surface area (Å²) in [7, 11) is 0. The minimum atomic E-state index is -0.502. The van der Waals surface area contributed by atoms with Gasteiger partial charge in [0.25, 0.3) is 5.91 Å². The average molecular weight is 254 g/mol. The van der Waals surface area contributed by atoms with E-state index in [1.807, 2.05) is 18.2 Å². The highest BCUT2D eigenvalue weighted by Gasteiger charge is 2.06.